The molecule has 3 rings (SSSR count). The summed E-state index contributed by atoms with van der Waals surface area (Å²) in [6.07, 6.45) is 2.34. The van der Waals surface area contributed by atoms with Gasteiger partial charge >= 0.3 is 0 Å². The summed E-state index contributed by atoms with van der Waals surface area (Å²) in [5.41, 5.74) is 2.56. The van der Waals surface area contributed by atoms with Crippen LogP contribution in [-0.2, 0) is 11.2 Å². The van der Waals surface area contributed by atoms with Gasteiger partial charge in [-0.1, -0.05) is 29.3 Å². The molecule has 0 aliphatic rings. The van der Waals surface area contributed by atoms with Gasteiger partial charge in [0.05, 0.1) is 6.20 Å². The van der Waals surface area contributed by atoms with Crippen molar-refractivity contribution in [1.82, 2.24) is 4.98 Å². The van der Waals surface area contributed by atoms with Gasteiger partial charge in [-0.15, -0.1) is 0 Å². The number of carbonyl (C=O) groups is 1. The number of nitrogens with one attached hydrogen (secondary N) is 1. The summed E-state index contributed by atoms with van der Waals surface area (Å²) in [6, 6.07) is 12.7. The molecule has 0 spiro atoms. The summed E-state index contributed by atoms with van der Waals surface area (Å²) in [7, 11) is 0. The average molecular weight is 375 g/mol. The molecule has 3 aromatic rings. The molecule has 2 aromatic carbocycles. The molecule has 0 aliphatic carbocycles. The highest BCUT2D eigenvalue weighted by molar-refractivity contribution is 6.31. The van der Waals surface area contributed by atoms with E-state index in [-0.39, 0.29) is 12.3 Å². The number of benzene rings is 2. The van der Waals surface area contributed by atoms with Crippen LogP contribution in [-0.4, -0.2) is 10.9 Å². The van der Waals surface area contributed by atoms with Gasteiger partial charge in [0.2, 0.25) is 5.91 Å². The van der Waals surface area contributed by atoms with E-state index < -0.39 is 0 Å². The highest BCUT2D eigenvalue weighted by atomic mass is 35.5. The Morgan fingerprint density at radius 1 is 1.12 bits per heavy atom. The van der Waals surface area contributed by atoms with Gasteiger partial charge in [0, 0.05) is 34.1 Å². The predicted molar refractivity (Wildman–Crippen MR) is 100 cm³/mol. The lowest BCUT2D eigenvalue weighted by atomic mass is 10.2. The highest BCUT2D eigenvalue weighted by Crippen LogP contribution is 2.23. The van der Waals surface area contributed by atoms with E-state index in [1.807, 2.05) is 25.1 Å². The zero-order valence-electron chi connectivity index (χ0n) is 13.6. The Labute approximate surface area is 155 Å². The summed E-state index contributed by atoms with van der Waals surface area (Å²) >= 11 is 11.8. The number of aromatic nitrogens is 1. The standard InChI is InChI=1S/C19H16Cl2N2O2/c1-12-2-5-15(21)10-16(12)23-18(24)8-9-19-22-11-17(25-19)13-3-6-14(20)7-4-13/h2-7,10-11H,8-9H2,1H3,(H,23,24). The Morgan fingerprint density at radius 3 is 2.60 bits per heavy atom. The lowest BCUT2D eigenvalue weighted by Gasteiger charge is -2.08. The maximum atomic E-state index is 12.1. The normalized spacial score (nSPS) is 10.7. The van der Waals surface area contributed by atoms with E-state index in [2.05, 4.69) is 10.3 Å². The molecule has 6 heteroatoms. The first kappa shape index (κ1) is 17.5. The van der Waals surface area contributed by atoms with Crippen molar-refractivity contribution in [2.75, 3.05) is 5.32 Å². The van der Waals surface area contributed by atoms with E-state index >= 15 is 0 Å². The van der Waals surface area contributed by atoms with E-state index in [0.29, 0.717) is 33.8 Å². The second-order valence-electron chi connectivity index (χ2n) is 5.63. The molecule has 4 nitrogen and oxygen atoms in total. The molecule has 0 saturated carbocycles. The Kier molecular flexibility index (Phi) is 5.41. The number of hydrogen-bond donors (Lipinski definition) is 1. The first-order valence-corrected chi connectivity index (χ1v) is 8.53. The van der Waals surface area contributed by atoms with E-state index in [4.69, 9.17) is 27.6 Å². The summed E-state index contributed by atoms with van der Waals surface area (Å²) < 4.78 is 5.70. The minimum absolute atomic E-state index is 0.114. The molecule has 0 atom stereocenters. The number of amides is 1. The summed E-state index contributed by atoms with van der Waals surface area (Å²) in [5.74, 6) is 1.05. The van der Waals surface area contributed by atoms with Gasteiger partial charge < -0.3 is 9.73 Å². The van der Waals surface area contributed by atoms with Gasteiger partial charge in [-0.3, -0.25) is 4.79 Å². The minimum Gasteiger partial charge on any atom is -0.441 e. The van der Waals surface area contributed by atoms with E-state index in [0.717, 1.165) is 11.1 Å². The Balaban J connectivity index is 1.59. The van der Waals surface area contributed by atoms with Gasteiger partial charge in [0.15, 0.2) is 11.7 Å². The first-order valence-electron chi connectivity index (χ1n) is 7.78. The van der Waals surface area contributed by atoms with Crippen LogP contribution < -0.4 is 5.32 Å². The molecule has 0 radical (unpaired) electrons. The first-order chi connectivity index (χ1) is 12.0. The van der Waals surface area contributed by atoms with Crippen molar-refractivity contribution in [3.05, 3.63) is 70.2 Å². The SMILES string of the molecule is Cc1ccc(Cl)cc1NC(=O)CCc1ncc(-c2ccc(Cl)cc2)o1. The third-order valence-corrected chi connectivity index (χ3v) is 4.21. The van der Waals surface area contributed by atoms with Crippen LogP contribution >= 0.6 is 23.2 Å². The van der Waals surface area contributed by atoms with Gasteiger partial charge in [0.1, 0.15) is 0 Å². The minimum atomic E-state index is -0.114. The Hall–Kier alpha value is -2.30. The van der Waals surface area contributed by atoms with Gasteiger partial charge in [-0.05, 0) is 48.9 Å². The number of nitrogens with zero attached hydrogens (tertiary/aromatic N) is 1. The van der Waals surface area contributed by atoms with Crippen LogP contribution in [0.5, 0.6) is 0 Å². The fourth-order valence-corrected chi connectivity index (χ4v) is 2.63. The largest absolute Gasteiger partial charge is 0.441 e. The molecule has 1 heterocycles. The van der Waals surface area contributed by atoms with Crippen molar-refractivity contribution in [2.45, 2.75) is 19.8 Å². The van der Waals surface area contributed by atoms with Crippen LogP contribution in [0.4, 0.5) is 5.69 Å². The maximum Gasteiger partial charge on any atom is 0.224 e. The van der Waals surface area contributed by atoms with E-state index in [1.165, 1.54) is 0 Å². The number of halogens is 2. The lowest BCUT2D eigenvalue weighted by molar-refractivity contribution is -0.116. The molecular weight excluding hydrogens is 359 g/mol. The molecular formula is C19H16Cl2N2O2. The van der Waals surface area contributed by atoms with Crippen LogP contribution in [0, 0.1) is 6.92 Å². The monoisotopic (exact) mass is 374 g/mol. The molecule has 0 unspecified atom stereocenters. The molecule has 0 fully saturated rings. The number of carbonyl (C=O) groups excluding carboxylic acids is 1. The zero-order valence-corrected chi connectivity index (χ0v) is 15.1. The second kappa shape index (κ2) is 7.72. The number of oxazole rings is 1. The molecule has 0 aliphatic heterocycles. The van der Waals surface area contributed by atoms with Crippen molar-refractivity contribution in [2.24, 2.45) is 0 Å². The summed E-state index contributed by atoms with van der Waals surface area (Å²) in [6.45, 7) is 1.92. The van der Waals surface area contributed by atoms with Crippen LogP contribution in [0.1, 0.15) is 17.9 Å². The van der Waals surface area contributed by atoms with Gasteiger partial charge in [0.25, 0.3) is 0 Å². The number of aryl methyl sites for hydroxylation is 2. The molecule has 25 heavy (non-hydrogen) atoms. The van der Waals surface area contributed by atoms with Crippen LogP contribution in [0.3, 0.4) is 0 Å². The molecule has 1 N–H and O–H groups in total. The smallest absolute Gasteiger partial charge is 0.224 e. The molecule has 0 bridgehead atoms. The van der Waals surface area contributed by atoms with Gasteiger partial charge in [-0.25, -0.2) is 4.98 Å². The topological polar surface area (TPSA) is 55.1 Å². The fourth-order valence-electron chi connectivity index (χ4n) is 2.34. The van der Waals surface area contributed by atoms with Gasteiger partial charge in [-0.2, -0.15) is 0 Å². The van der Waals surface area contributed by atoms with Crippen LogP contribution in [0.15, 0.2) is 53.1 Å². The molecule has 128 valence electrons. The van der Waals surface area contributed by atoms with Crippen LogP contribution in [0.2, 0.25) is 10.0 Å². The van der Waals surface area contributed by atoms with Crippen molar-refractivity contribution in [3.8, 4) is 11.3 Å². The Bertz CT molecular complexity index is 889. The van der Waals surface area contributed by atoms with Crippen molar-refractivity contribution < 1.29 is 9.21 Å². The number of hydrogen-bond acceptors (Lipinski definition) is 3. The summed E-state index contributed by atoms with van der Waals surface area (Å²) in [5, 5.41) is 4.11. The zero-order chi connectivity index (χ0) is 17.8. The van der Waals surface area contributed by atoms with Crippen molar-refractivity contribution in [3.63, 3.8) is 0 Å². The number of rotatable bonds is 5. The Morgan fingerprint density at radius 2 is 1.84 bits per heavy atom. The quantitative estimate of drug-likeness (QED) is 0.638. The fraction of sp³-hybridized carbons (Fsp3) is 0.158. The van der Waals surface area contributed by atoms with Crippen molar-refractivity contribution in [1.29, 1.82) is 0 Å². The lowest BCUT2D eigenvalue weighted by Crippen LogP contribution is -2.13. The third-order valence-electron chi connectivity index (χ3n) is 3.72. The summed E-state index contributed by atoms with van der Waals surface area (Å²) in [4.78, 5) is 16.4. The number of anilines is 1. The average Bonchev–Trinajstić information content (AvgIpc) is 3.06. The van der Waals surface area contributed by atoms with Crippen molar-refractivity contribution >= 4 is 34.8 Å². The van der Waals surface area contributed by atoms with E-state index in [1.54, 1.807) is 30.5 Å². The second-order valence-corrected chi connectivity index (χ2v) is 6.51. The van der Waals surface area contributed by atoms with E-state index in [9.17, 15) is 4.79 Å². The maximum absolute atomic E-state index is 12.1. The molecule has 1 amide bonds. The predicted octanol–water partition coefficient (Wildman–Crippen LogP) is 5.53. The molecule has 0 saturated heterocycles. The third kappa shape index (κ3) is 4.62. The van der Waals surface area contributed by atoms with Crippen LogP contribution in [0.25, 0.3) is 11.3 Å². The molecule has 1 aromatic heterocycles. The highest BCUT2D eigenvalue weighted by Gasteiger charge is 2.10.